The number of likely N-dealkylation sites (N-methyl/N-ethyl adjacent to an activating group) is 1. The summed E-state index contributed by atoms with van der Waals surface area (Å²) < 4.78 is 1.69. The minimum atomic E-state index is -0.0683. The molecular formula is C31H41N4O2S+. The summed E-state index contributed by atoms with van der Waals surface area (Å²) in [5, 5.41) is 3.12. The Balaban J connectivity index is 1.10. The van der Waals surface area contributed by atoms with E-state index >= 15 is 0 Å². The quantitative estimate of drug-likeness (QED) is 0.326. The lowest BCUT2D eigenvalue weighted by Gasteiger charge is -2.40. The third-order valence-corrected chi connectivity index (χ3v) is 9.44. The third-order valence-electron chi connectivity index (χ3n) is 8.24. The van der Waals surface area contributed by atoms with Gasteiger partial charge in [0.1, 0.15) is 17.2 Å². The second-order valence-electron chi connectivity index (χ2n) is 11.0. The number of rotatable bonds is 7. The number of nitrogens with zero attached hydrogens (tertiary/aromatic N) is 3. The van der Waals surface area contributed by atoms with Gasteiger partial charge in [-0.05, 0) is 44.4 Å². The topological polar surface area (TPSA) is 55.7 Å². The van der Waals surface area contributed by atoms with E-state index in [1.54, 1.807) is 23.4 Å². The first-order chi connectivity index (χ1) is 18.5. The van der Waals surface area contributed by atoms with Gasteiger partial charge in [0.15, 0.2) is 0 Å². The molecule has 1 atom stereocenters. The highest BCUT2D eigenvalue weighted by Gasteiger charge is 2.38. The van der Waals surface area contributed by atoms with Crippen LogP contribution < -0.4 is 5.32 Å². The Labute approximate surface area is 231 Å². The second kappa shape index (κ2) is 12.6. The first kappa shape index (κ1) is 27.1. The summed E-state index contributed by atoms with van der Waals surface area (Å²) in [5.41, 5.74) is 3.68. The van der Waals surface area contributed by atoms with Gasteiger partial charge in [-0.25, -0.2) is 4.79 Å². The van der Waals surface area contributed by atoms with Crippen LogP contribution in [0.5, 0.6) is 0 Å². The predicted octanol–water partition coefficient (Wildman–Crippen LogP) is 4.01. The first-order valence-electron chi connectivity index (χ1n) is 14.2. The van der Waals surface area contributed by atoms with Gasteiger partial charge in [0.2, 0.25) is 5.71 Å². The highest BCUT2D eigenvalue weighted by atomic mass is 32.2. The fourth-order valence-corrected chi connectivity index (χ4v) is 7.21. The van der Waals surface area contributed by atoms with Crippen LogP contribution in [0.2, 0.25) is 0 Å². The summed E-state index contributed by atoms with van der Waals surface area (Å²) in [6, 6.07) is 8.97. The SMILES string of the molecule is Cc1cccc(/C=C2/SC3C=CC(C(=O)NCCCN4CCN(C5CCCCC5)CC4)=CC3=[N+](C)C2=O)c1. The van der Waals surface area contributed by atoms with Crippen molar-refractivity contribution < 1.29 is 14.2 Å². The maximum absolute atomic E-state index is 13.1. The van der Waals surface area contributed by atoms with E-state index in [-0.39, 0.29) is 17.1 Å². The van der Waals surface area contributed by atoms with Crippen molar-refractivity contribution in [2.75, 3.05) is 46.3 Å². The van der Waals surface area contributed by atoms with Crippen molar-refractivity contribution in [2.45, 2.75) is 56.7 Å². The van der Waals surface area contributed by atoms with E-state index in [1.807, 2.05) is 36.4 Å². The minimum Gasteiger partial charge on any atom is -0.352 e. The van der Waals surface area contributed by atoms with Gasteiger partial charge in [-0.15, -0.1) is 0 Å². The molecule has 202 valence electrons. The Morgan fingerprint density at radius 2 is 1.95 bits per heavy atom. The maximum atomic E-state index is 13.1. The zero-order valence-electron chi connectivity index (χ0n) is 22.8. The molecule has 5 rings (SSSR count). The predicted molar refractivity (Wildman–Crippen MR) is 156 cm³/mol. The number of amides is 2. The summed E-state index contributed by atoms with van der Waals surface area (Å²) >= 11 is 1.55. The number of piperazine rings is 1. The van der Waals surface area contributed by atoms with E-state index in [0.29, 0.717) is 12.1 Å². The lowest BCUT2D eigenvalue weighted by Crippen LogP contribution is -2.51. The molecule has 0 spiro atoms. The van der Waals surface area contributed by atoms with E-state index < -0.39 is 0 Å². The summed E-state index contributed by atoms with van der Waals surface area (Å²) in [7, 11) is 1.80. The van der Waals surface area contributed by atoms with Gasteiger partial charge in [0.05, 0.1) is 0 Å². The standard InChI is InChI=1S/C31H40N4O2S/c1-23-8-6-9-24(20-23)21-29-31(37)33(2)27-22-25(12-13-28(27)38-29)30(36)32-14-7-15-34-16-18-35(19-17-34)26-10-4-3-5-11-26/h6,8-9,12-13,20-22,26,28H,3-5,7,10-11,14-19H2,1-2H3/p+1/b29-21+. The number of allylic oxidation sites excluding steroid dienone is 1. The number of thioether (sulfide) groups is 1. The van der Waals surface area contributed by atoms with Crippen LogP contribution in [0.25, 0.3) is 6.08 Å². The molecule has 1 unspecified atom stereocenters. The van der Waals surface area contributed by atoms with Gasteiger partial charge in [-0.2, -0.15) is 4.58 Å². The number of hydrogen-bond donors (Lipinski definition) is 1. The maximum Gasteiger partial charge on any atom is 0.425 e. The van der Waals surface area contributed by atoms with Gasteiger partial charge < -0.3 is 10.2 Å². The lowest BCUT2D eigenvalue weighted by molar-refractivity contribution is -0.413. The van der Waals surface area contributed by atoms with Crippen LogP contribution in [-0.2, 0) is 9.59 Å². The van der Waals surface area contributed by atoms with E-state index in [2.05, 4.69) is 34.2 Å². The molecule has 0 bridgehead atoms. The zero-order chi connectivity index (χ0) is 26.5. The van der Waals surface area contributed by atoms with Gasteiger partial charge >= 0.3 is 5.91 Å². The average Bonchev–Trinajstić information content (AvgIpc) is 2.94. The van der Waals surface area contributed by atoms with E-state index in [0.717, 1.165) is 48.3 Å². The molecule has 2 fully saturated rings. The number of hydrogen-bond acceptors (Lipinski definition) is 5. The number of carbonyl (C=O) groups is 2. The van der Waals surface area contributed by atoms with Gasteiger partial charge in [0.25, 0.3) is 5.91 Å². The average molecular weight is 534 g/mol. The molecule has 2 aliphatic heterocycles. The van der Waals surface area contributed by atoms with Crippen LogP contribution in [0.3, 0.4) is 0 Å². The Bertz CT molecular complexity index is 1170. The van der Waals surface area contributed by atoms with Crippen molar-refractivity contribution in [3.05, 3.63) is 64.1 Å². The molecule has 1 saturated heterocycles. The van der Waals surface area contributed by atoms with Gasteiger partial charge in [-0.1, -0.05) is 73.0 Å². The van der Waals surface area contributed by atoms with Crippen LogP contribution >= 0.6 is 11.8 Å². The fraction of sp³-hybridized carbons (Fsp3) is 0.516. The molecule has 4 aliphatic rings. The number of nitrogens with one attached hydrogen (secondary N) is 1. The first-order valence-corrected chi connectivity index (χ1v) is 15.1. The number of benzene rings is 1. The molecule has 0 aromatic heterocycles. The monoisotopic (exact) mass is 533 g/mol. The molecule has 2 aliphatic carbocycles. The number of carbonyl (C=O) groups excluding carboxylic acids is 2. The van der Waals surface area contributed by atoms with E-state index in [1.165, 1.54) is 50.8 Å². The van der Waals surface area contributed by atoms with Crippen molar-refractivity contribution in [1.29, 1.82) is 0 Å². The Hall–Kier alpha value is -2.48. The van der Waals surface area contributed by atoms with Crippen LogP contribution in [0, 0.1) is 6.92 Å². The molecule has 1 aromatic carbocycles. The molecular weight excluding hydrogens is 492 g/mol. The molecule has 7 heteroatoms. The fourth-order valence-electron chi connectivity index (χ4n) is 5.99. The molecule has 1 N–H and O–H groups in total. The van der Waals surface area contributed by atoms with Crippen LogP contribution in [0.4, 0.5) is 0 Å². The van der Waals surface area contributed by atoms with Crippen LogP contribution in [0.1, 0.15) is 49.7 Å². The highest BCUT2D eigenvalue weighted by molar-refractivity contribution is 8.05. The van der Waals surface area contributed by atoms with Crippen molar-refractivity contribution in [2.24, 2.45) is 0 Å². The van der Waals surface area contributed by atoms with Gasteiger partial charge in [0, 0.05) is 50.4 Å². The second-order valence-corrected chi connectivity index (χ2v) is 12.2. The normalized spacial score (nSPS) is 24.5. The van der Waals surface area contributed by atoms with Crippen molar-refractivity contribution in [3.63, 3.8) is 0 Å². The summed E-state index contributed by atoms with van der Waals surface area (Å²) in [6.07, 6.45) is 15.7. The lowest BCUT2D eigenvalue weighted by atomic mass is 9.94. The van der Waals surface area contributed by atoms with Crippen LogP contribution in [-0.4, -0.2) is 89.5 Å². The molecule has 6 nitrogen and oxygen atoms in total. The third kappa shape index (κ3) is 6.56. The molecule has 38 heavy (non-hydrogen) atoms. The summed E-state index contributed by atoms with van der Waals surface area (Å²) in [6.45, 7) is 8.37. The zero-order valence-corrected chi connectivity index (χ0v) is 23.6. The molecule has 2 amide bonds. The van der Waals surface area contributed by atoms with Crippen molar-refractivity contribution in [3.8, 4) is 0 Å². The Kier molecular flexibility index (Phi) is 8.97. The van der Waals surface area contributed by atoms with Crippen molar-refractivity contribution >= 4 is 35.4 Å². The van der Waals surface area contributed by atoms with Crippen LogP contribution in [0.15, 0.2) is 53.0 Å². The molecule has 1 saturated carbocycles. The smallest absolute Gasteiger partial charge is 0.352 e. The molecule has 2 heterocycles. The molecule has 1 aromatic rings. The number of aryl methyl sites for hydroxylation is 1. The molecule has 0 radical (unpaired) electrons. The Morgan fingerprint density at radius 1 is 1.16 bits per heavy atom. The highest BCUT2D eigenvalue weighted by Crippen LogP contribution is 2.33. The van der Waals surface area contributed by atoms with Crippen molar-refractivity contribution in [1.82, 2.24) is 15.1 Å². The number of fused-ring (bicyclic) bond motifs is 1. The minimum absolute atomic E-state index is 0.0255. The Morgan fingerprint density at radius 3 is 2.71 bits per heavy atom. The van der Waals surface area contributed by atoms with E-state index in [4.69, 9.17) is 0 Å². The van der Waals surface area contributed by atoms with Gasteiger partial charge in [-0.3, -0.25) is 9.69 Å². The largest absolute Gasteiger partial charge is 0.425 e. The van der Waals surface area contributed by atoms with E-state index in [9.17, 15) is 9.59 Å². The summed E-state index contributed by atoms with van der Waals surface area (Å²) in [5.74, 6) is -0.0982. The summed E-state index contributed by atoms with van der Waals surface area (Å²) in [4.78, 5) is 31.9.